The van der Waals surface area contributed by atoms with Gasteiger partial charge in [0.05, 0.1) is 12.1 Å². The fourth-order valence-corrected chi connectivity index (χ4v) is 1.36. The molecule has 0 saturated heterocycles. The number of benzene rings is 1. The Morgan fingerprint density at radius 2 is 2.27 bits per heavy atom. The number of methoxy groups -OCH3 is 1. The van der Waals surface area contributed by atoms with Crippen molar-refractivity contribution < 1.29 is 14.3 Å². The van der Waals surface area contributed by atoms with Gasteiger partial charge in [-0.3, -0.25) is 4.79 Å². The zero-order chi connectivity index (χ0) is 11.3. The van der Waals surface area contributed by atoms with E-state index in [1.165, 1.54) is 13.2 Å². The average Bonchev–Trinajstić information content (AvgIpc) is 2.26. The molecule has 0 aliphatic heterocycles. The van der Waals surface area contributed by atoms with Crippen molar-refractivity contribution in [1.29, 1.82) is 0 Å². The van der Waals surface area contributed by atoms with E-state index in [9.17, 15) is 4.79 Å². The minimum Gasteiger partial charge on any atom is -0.493 e. The van der Waals surface area contributed by atoms with Crippen LogP contribution in [0.15, 0.2) is 24.8 Å². The summed E-state index contributed by atoms with van der Waals surface area (Å²) in [5, 5.41) is 0.346. The first-order valence-corrected chi connectivity index (χ1v) is 4.67. The maximum absolute atomic E-state index is 10.6. The van der Waals surface area contributed by atoms with Crippen molar-refractivity contribution in [3.8, 4) is 11.5 Å². The maximum Gasteiger partial charge on any atom is 0.180 e. The molecule has 3 nitrogen and oxygen atoms in total. The summed E-state index contributed by atoms with van der Waals surface area (Å²) in [5.41, 5.74) is 0.447. The third kappa shape index (κ3) is 2.73. The van der Waals surface area contributed by atoms with Gasteiger partial charge in [0.1, 0.15) is 12.9 Å². The van der Waals surface area contributed by atoms with Crippen LogP contribution in [0, 0.1) is 0 Å². The lowest BCUT2D eigenvalue weighted by Crippen LogP contribution is -1.98. The van der Waals surface area contributed by atoms with Crippen LogP contribution in [0.1, 0.15) is 10.4 Å². The van der Waals surface area contributed by atoms with Crippen LogP contribution in [0.5, 0.6) is 11.5 Å². The molecule has 0 amide bonds. The fraction of sp³-hybridized carbons (Fsp3) is 0.182. The minimum atomic E-state index is 0.330. The number of halogens is 1. The summed E-state index contributed by atoms with van der Waals surface area (Å²) in [6.07, 6.45) is 2.30. The third-order valence-electron chi connectivity index (χ3n) is 1.73. The number of hydrogen-bond acceptors (Lipinski definition) is 3. The van der Waals surface area contributed by atoms with Crippen LogP contribution in [0.2, 0.25) is 5.02 Å². The van der Waals surface area contributed by atoms with Crippen molar-refractivity contribution in [3.05, 3.63) is 35.4 Å². The average molecular weight is 227 g/mol. The highest BCUT2D eigenvalue weighted by Gasteiger charge is 2.11. The van der Waals surface area contributed by atoms with Gasteiger partial charge in [0.2, 0.25) is 0 Å². The summed E-state index contributed by atoms with van der Waals surface area (Å²) < 4.78 is 10.4. The Bertz CT molecular complexity index is 374. The fourth-order valence-electron chi connectivity index (χ4n) is 1.09. The Kier molecular flexibility index (Phi) is 4.18. The summed E-state index contributed by atoms with van der Waals surface area (Å²) in [5.74, 6) is 0.858. The SMILES string of the molecule is C=CCOc1c(Cl)cc(C=O)cc1OC. The molecule has 0 unspecified atom stereocenters. The lowest BCUT2D eigenvalue weighted by molar-refractivity contribution is 0.112. The highest BCUT2D eigenvalue weighted by Crippen LogP contribution is 2.35. The topological polar surface area (TPSA) is 35.5 Å². The Hall–Kier alpha value is -1.48. The molecule has 0 aliphatic carbocycles. The second kappa shape index (κ2) is 5.41. The summed E-state index contributed by atoms with van der Waals surface area (Å²) in [4.78, 5) is 10.6. The van der Waals surface area contributed by atoms with Gasteiger partial charge in [-0.05, 0) is 12.1 Å². The van der Waals surface area contributed by atoms with Crippen LogP contribution >= 0.6 is 11.6 Å². The molecule has 4 heteroatoms. The van der Waals surface area contributed by atoms with Crippen molar-refractivity contribution in [2.24, 2.45) is 0 Å². The first-order valence-electron chi connectivity index (χ1n) is 4.29. The van der Waals surface area contributed by atoms with Crippen molar-refractivity contribution in [2.45, 2.75) is 0 Å². The number of carbonyl (C=O) groups excluding carboxylic acids is 1. The third-order valence-corrected chi connectivity index (χ3v) is 2.01. The van der Waals surface area contributed by atoms with Crippen LogP contribution < -0.4 is 9.47 Å². The zero-order valence-electron chi connectivity index (χ0n) is 8.33. The van der Waals surface area contributed by atoms with Crippen LogP contribution in [-0.4, -0.2) is 20.0 Å². The number of rotatable bonds is 5. The standard InChI is InChI=1S/C11H11ClO3/c1-3-4-15-11-9(12)5-8(7-13)6-10(11)14-2/h3,5-7H,1,4H2,2H3. The van der Waals surface area contributed by atoms with Gasteiger partial charge in [0, 0.05) is 5.56 Å². The Morgan fingerprint density at radius 1 is 1.53 bits per heavy atom. The highest BCUT2D eigenvalue weighted by molar-refractivity contribution is 6.32. The molecular formula is C11H11ClO3. The van der Waals surface area contributed by atoms with E-state index >= 15 is 0 Å². The van der Waals surface area contributed by atoms with E-state index in [-0.39, 0.29) is 0 Å². The van der Waals surface area contributed by atoms with Crippen molar-refractivity contribution >= 4 is 17.9 Å². The van der Waals surface area contributed by atoms with Gasteiger partial charge in [0.25, 0.3) is 0 Å². The van der Waals surface area contributed by atoms with Crippen LogP contribution in [0.3, 0.4) is 0 Å². The molecule has 1 rings (SSSR count). The van der Waals surface area contributed by atoms with Crippen LogP contribution in [0.4, 0.5) is 0 Å². The minimum absolute atomic E-state index is 0.330. The number of hydrogen-bond donors (Lipinski definition) is 0. The molecule has 0 spiro atoms. The molecular weight excluding hydrogens is 216 g/mol. The van der Waals surface area contributed by atoms with Crippen molar-refractivity contribution in [2.75, 3.05) is 13.7 Å². The van der Waals surface area contributed by atoms with Gasteiger partial charge in [-0.1, -0.05) is 24.3 Å². The molecule has 0 atom stereocenters. The Morgan fingerprint density at radius 3 is 2.80 bits per heavy atom. The van der Waals surface area contributed by atoms with E-state index in [2.05, 4.69) is 6.58 Å². The van der Waals surface area contributed by atoms with Crippen LogP contribution in [0.25, 0.3) is 0 Å². The van der Waals surface area contributed by atoms with Gasteiger partial charge < -0.3 is 9.47 Å². The lowest BCUT2D eigenvalue weighted by atomic mass is 10.2. The maximum atomic E-state index is 10.6. The molecule has 15 heavy (non-hydrogen) atoms. The first kappa shape index (κ1) is 11.6. The number of aldehydes is 1. The second-order valence-electron chi connectivity index (χ2n) is 2.75. The van der Waals surface area contributed by atoms with Gasteiger partial charge in [-0.2, -0.15) is 0 Å². The van der Waals surface area contributed by atoms with Gasteiger partial charge in [-0.15, -0.1) is 0 Å². The smallest absolute Gasteiger partial charge is 0.180 e. The normalized spacial score (nSPS) is 9.47. The van der Waals surface area contributed by atoms with E-state index < -0.39 is 0 Å². The molecule has 80 valence electrons. The number of carbonyl (C=O) groups is 1. The lowest BCUT2D eigenvalue weighted by Gasteiger charge is -2.11. The number of ether oxygens (including phenoxy) is 2. The molecule has 1 aromatic rings. The van der Waals surface area contributed by atoms with Gasteiger partial charge in [0.15, 0.2) is 11.5 Å². The molecule has 0 radical (unpaired) electrons. The molecule has 0 aliphatic rings. The van der Waals surface area contributed by atoms with E-state index in [0.29, 0.717) is 35.0 Å². The summed E-state index contributed by atoms with van der Waals surface area (Å²) in [6.45, 7) is 3.86. The molecule has 0 fully saturated rings. The molecule has 0 bridgehead atoms. The summed E-state index contributed by atoms with van der Waals surface area (Å²) >= 11 is 5.93. The van der Waals surface area contributed by atoms with E-state index in [1.807, 2.05) is 0 Å². The highest BCUT2D eigenvalue weighted by atomic mass is 35.5. The predicted molar refractivity (Wildman–Crippen MR) is 59.1 cm³/mol. The molecule has 0 aromatic heterocycles. The molecule has 1 aromatic carbocycles. The first-order chi connectivity index (χ1) is 7.22. The quantitative estimate of drug-likeness (QED) is 0.572. The van der Waals surface area contributed by atoms with Gasteiger partial charge >= 0.3 is 0 Å². The van der Waals surface area contributed by atoms with Gasteiger partial charge in [-0.25, -0.2) is 0 Å². The Balaban J connectivity index is 3.11. The predicted octanol–water partition coefficient (Wildman–Crippen LogP) is 2.73. The second-order valence-corrected chi connectivity index (χ2v) is 3.16. The Labute approximate surface area is 93.3 Å². The van der Waals surface area contributed by atoms with Crippen molar-refractivity contribution in [3.63, 3.8) is 0 Å². The largest absolute Gasteiger partial charge is 0.493 e. The molecule has 0 N–H and O–H groups in total. The van der Waals surface area contributed by atoms with E-state index in [1.54, 1.807) is 12.1 Å². The summed E-state index contributed by atoms with van der Waals surface area (Å²) in [6, 6.07) is 3.09. The molecule has 0 saturated carbocycles. The van der Waals surface area contributed by atoms with E-state index in [4.69, 9.17) is 21.1 Å². The van der Waals surface area contributed by atoms with Crippen molar-refractivity contribution in [1.82, 2.24) is 0 Å². The van der Waals surface area contributed by atoms with E-state index in [0.717, 1.165) is 0 Å². The monoisotopic (exact) mass is 226 g/mol. The zero-order valence-corrected chi connectivity index (χ0v) is 9.08. The van der Waals surface area contributed by atoms with Crippen LogP contribution in [-0.2, 0) is 0 Å². The summed E-state index contributed by atoms with van der Waals surface area (Å²) in [7, 11) is 1.49. The molecule has 0 heterocycles.